The fourth-order valence-electron chi connectivity index (χ4n) is 0.268. The standard InChI is InChI=1S/C2H2N2O4S.Li.H/c5-9(6,7)2-1-8-4-3-2;;/h1H,(H,5,6,7);;. The molecule has 0 atom stereocenters. The van der Waals surface area contributed by atoms with Gasteiger partial charge in [-0.15, -0.1) is 0 Å². The molecule has 0 aromatic carbocycles. The Bertz CT molecular complexity index is 278. The average molecular weight is 158 g/mol. The van der Waals surface area contributed by atoms with Crippen LogP contribution in [0.25, 0.3) is 0 Å². The Balaban J connectivity index is 0.000000810. The summed E-state index contributed by atoms with van der Waals surface area (Å²) >= 11 is 0. The van der Waals surface area contributed by atoms with Crippen LogP contribution in [0, 0.1) is 0 Å². The Morgan fingerprint density at radius 1 is 1.60 bits per heavy atom. The third-order valence-corrected chi connectivity index (χ3v) is 1.31. The van der Waals surface area contributed by atoms with Crippen molar-refractivity contribution in [2.75, 3.05) is 0 Å². The Kier molecular flexibility index (Phi) is 3.05. The fraction of sp³-hybridized carbons (Fsp3) is 0. The molecule has 0 bridgehead atoms. The summed E-state index contributed by atoms with van der Waals surface area (Å²) in [5.74, 6) is 0. The van der Waals surface area contributed by atoms with Crippen LogP contribution in [-0.2, 0) is 10.1 Å². The second kappa shape index (κ2) is 3.16. The molecule has 0 radical (unpaired) electrons. The van der Waals surface area contributed by atoms with E-state index in [-0.39, 0.29) is 18.9 Å². The van der Waals surface area contributed by atoms with E-state index >= 15 is 0 Å². The van der Waals surface area contributed by atoms with Crippen LogP contribution in [0.5, 0.6) is 0 Å². The molecule has 0 amide bonds. The van der Waals surface area contributed by atoms with Crippen molar-refractivity contribution in [2.24, 2.45) is 0 Å². The van der Waals surface area contributed by atoms with Crippen LogP contribution in [0.2, 0.25) is 0 Å². The molecule has 52 valence electrons. The summed E-state index contributed by atoms with van der Waals surface area (Å²) < 4.78 is 32.4. The van der Waals surface area contributed by atoms with Crippen LogP contribution >= 0.6 is 0 Å². The molecule has 0 saturated carbocycles. The molecular weight excluding hydrogens is 155 g/mol. The first-order valence-electron chi connectivity index (χ1n) is 1.85. The second-order valence-corrected chi connectivity index (χ2v) is 2.59. The summed E-state index contributed by atoms with van der Waals surface area (Å²) in [7, 11) is -4.23. The van der Waals surface area contributed by atoms with Crippen LogP contribution in [0.4, 0.5) is 0 Å². The molecule has 0 aliphatic rings. The summed E-state index contributed by atoms with van der Waals surface area (Å²) in [6.07, 6.45) is 0.731. The van der Waals surface area contributed by atoms with Gasteiger partial charge >= 0.3 is 29.0 Å². The van der Waals surface area contributed by atoms with E-state index in [9.17, 15) is 8.42 Å². The first-order chi connectivity index (χ1) is 4.11. The van der Waals surface area contributed by atoms with Crippen molar-refractivity contribution in [2.45, 2.75) is 5.03 Å². The van der Waals surface area contributed by atoms with E-state index < -0.39 is 15.1 Å². The minimum absolute atomic E-state index is 0. The fourth-order valence-corrected chi connectivity index (χ4v) is 0.570. The first-order valence-corrected chi connectivity index (χ1v) is 3.29. The predicted molar refractivity (Wildman–Crippen MR) is 31.3 cm³/mol. The zero-order valence-corrected chi connectivity index (χ0v) is 4.87. The van der Waals surface area contributed by atoms with Crippen molar-refractivity contribution < 1.29 is 17.5 Å². The van der Waals surface area contributed by atoms with E-state index in [0.717, 1.165) is 6.26 Å². The van der Waals surface area contributed by atoms with E-state index in [4.69, 9.17) is 4.55 Å². The van der Waals surface area contributed by atoms with Crippen LogP contribution in [0.1, 0.15) is 0 Å². The number of hydrogen-bond donors (Lipinski definition) is 1. The number of hydrogen-bond acceptors (Lipinski definition) is 5. The van der Waals surface area contributed by atoms with Crippen LogP contribution in [0.3, 0.4) is 0 Å². The minimum atomic E-state index is -4.23. The monoisotopic (exact) mass is 158 g/mol. The van der Waals surface area contributed by atoms with E-state index in [1.165, 1.54) is 0 Å². The molecule has 1 N–H and O–H groups in total. The predicted octanol–water partition coefficient (Wildman–Crippen LogP) is -1.33. The van der Waals surface area contributed by atoms with Crippen molar-refractivity contribution >= 4 is 29.0 Å². The van der Waals surface area contributed by atoms with Crippen LogP contribution < -0.4 is 0 Å². The summed E-state index contributed by atoms with van der Waals surface area (Å²) in [4.78, 5) is 0. The molecule has 0 aliphatic heterocycles. The van der Waals surface area contributed by atoms with Gasteiger partial charge in [0.2, 0.25) is 5.03 Å². The van der Waals surface area contributed by atoms with Crippen molar-refractivity contribution in [1.29, 1.82) is 0 Å². The van der Waals surface area contributed by atoms with Crippen molar-refractivity contribution in [3.8, 4) is 0 Å². The maximum absolute atomic E-state index is 10.1. The van der Waals surface area contributed by atoms with Gasteiger partial charge in [0, 0.05) is 5.27 Å². The first kappa shape index (κ1) is 9.65. The summed E-state index contributed by atoms with van der Waals surface area (Å²) in [6, 6.07) is 0. The van der Waals surface area contributed by atoms with Gasteiger partial charge in [-0.25, -0.2) is 0 Å². The third-order valence-electron chi connectivity index (χ3n) is 0.604. The molecule has 8 heteroatoms. The topological polar surface area (TPSA) is 93.3 Å². The molecule has 0 fully saturated rings. The number of nitrogens with zero attached hydrogens (tertiary/aromatic N) is 2. The molecule has 6 nitrogen and oxygen atoms in total. The average Bonchev–Trinajstić information content (AvgIpc) is 2.08. The summed E-state index contributed by atoms with van der Waals surface area (Å²) in [6.45, 7) is 0. The quantitative estimate of drug-likeness (QED) is 0.402. The molecular formula is C2H3LiN2O4S. The van der Waals surface area contributed by atoms with Gasteiger partial charge < -0.3 is 4.52 Å². The normalized spacial score (nSPS) is 10.5. The van der Waals surface area contributed by atoms with E-state index in [2.05, 4.69) is 14.9 Å². The van der Waals surface area contributed by atoms with Gasteiger partial charge in [0.05, 0.1) is 0 Å². The van der Waals surface area contributed by atoms with Crippen molar-refractivity contribution in [3.63, 3.8) is 0 Å². The second-order valence-electron chi connectivity index (χ2n) is 1.22. The Hall–Kier alpha value is -0.353. The Labute approximate surface area is 68.5 Å². The van der Waals surface area contributed by atoms with Gasteiger partial charge in [0.25, 0.3) is 0 Å². The van der Waals surface area contributed by atoms with Crippen molar-refractivity contribution in [1.82, 2.24) is 10.4 Å². The van der Waals surface area contributed by atoms with Gasteiger partial charge in [-0.2, -0.15) is 8.42 Å². The summed E-state index contributed by atoms with van der Waals surface area (Å²) in [5, 5.41) is 5.18. The molecule has 1 aromatic heterocycles. The van der Waals surface area contributed by atoms with Crippen molar-refractivity contribution in [3.05, 3.63) is 6.26 Å². The Morgan fingerprint density at radius 3 is 2.40 bits per heavy atom. The number of aromatic nitrogens is 2. The van der Waals surface area contributed by atoms with Gasteiger partial charge in [0.1, 0.15) is 0 Å². The van der Waals surface area contributed by atoms with Gasteiger partial charge in [-0.1, -0.05) is 5.10 Å². The molecule has 0 spiro atoms. The van der Waals surface area contributed by atoms with Gasteiger partial charge in [-0.05, 0) is 0 Å². The molecule has 1 rings (SSSR count). The molecule has 1 heterocycles. The van der Waals surface area contributed by atoms with E-state index in [1.807, 2.05) is 0 Å². The molecule has 0 aliphatic carbocycles. The van der Waals surface area contributed by atoms with Gasteiger partial charge in [-0.3, -0.25) is 4.55 Å². The molecule has 10 heavy (non-hydrogen) atoms. The van der Waals surface area contributed by atoms with Gasteiger partial charge in [0.15, 0.2) is 6.26 Å². The van der Waals surface area contributed by atoms with Crippen LogP contribution in [-0.4, -0.2) is 42.2 Å². The summed E-state index contributed by atoms with van der Waals surface area (Å²) in [5.41, 5.74) is 0. The molecule has 0 saturated heterocycles. The molecule has 0 unspecified atom stereocenters. The SMILES string of the molecule is O=S(=O)(O)c1conn1.[LiH]. The van der Waals surface area contributed by atoms with E-state index in [1.54, 1.807) is 0 Å². The zero-order valence-electron chi connectivity index (χ0n) is 4.05. The zero-order chi connectivity index (χ0) is 6.91. The molecule has 1 aromatic rings. The third kappa shape index (κ3) is 2.11. The number of rotatable bonds is 1. The maximum atomic E-state index is 10.1. The van der Waals surface area contributed by atoms with E-state index in [0.29, 0.717) is 0 Å². The Morgan fingerprint density at radius 2 is 2.20 bits per heavy atom. The van der Waals surface area contributed by atoms with Crippen LogP contribution in [0.15, 0.2) is 15.8 Å².